The second-order valence-corrected chi connectivity index (χ2v) is 10.3. The van der Waals surface area contributed by atoms with Crippen molar-refractivity contribution in [2.24, 2.45) is 0 Å². The van der Waals surface area contributed by atoms with Crippen LogP contribution in [0.4, 0.5) is 0 Å². The van der Waals surface area contributed by atoms with E-state index in [0.717, 1.165) is 40.0 Å². The van der Waals surface area contributed by atoms with Gasteiger partial charge in [0.15, 0.2) is 0 Å². The molecule has 0 aliphatic heterocycles. The molecule has 1 N–H and O–H groups in total. The van der Waals surface area contributed by atoms with E-state index >= 15 is 0 Å². The molecule has 2 amide bonds. The van der Waals surface area contributed by atoms with E-state index in [1.807, 2.05) is 91.8 Å². The number of hydrogen-bond acceptors (Lipinski definition) is 3. The Morgan fingerprint density at radius 1 is 0.842 bits per heavy atom. The number of imidazole rings is 1. The van der Waals surface area contributed by atoms with Crippen LogP contribution in [0.15, 0.2) is 78.9 Å². The second-order valence-electron chi connectivity index (χ2n) is 10.3. The summed E-state index contributed by atoms with van der Waals surface area (Å²) in [4.78, 5) is 32.5. The minimum atomic E-state index is 0.00523. The van der Waals surface area contributed by atoms with Gasteiger partial charge >= 0.3 is 0 Å². The maximum atomic E-state index is 13.2. The van der Waals surface area contributed by atoms with E-state index in [9.17, 15) is 9.59 Å². The fourth-order valence-electron chi connectivity index (χ4n) is 5.05. The number of amides is 2. The summed E-state index contributed by atoms with van der Waals surface area (Å²) in [6.07, 6.45) is 1.77. The number of carbonyl (C=O) groups excluding carboxylic acids is 2. The van der Waals surface area contributed by atoms with Gasteiger partial charge in [-0.05, 0) is 62.9 Å². The molecule has 198 valence electrons. The molecule has 0 aliphatic carbocycles. The van der Waals surface area contributed by atoms with Crippen LogP contribution in [0.25, 0.3) is 22.2 Å². The van der Waals surface area contributed by atoms with Crippen molar-refractivity contribution >= 4 is 22.8 Å². The first kappa shape index (κ1) is 27.1. The zero-order valence-electron chi connectivity index (χ0n) is 22.9. The van der Waals surface area contributed by atoms with E-state index in [4.69, 9.17) is 4.98 Å². The van der Waals surface area contributed by atoms with Gasteiger partial charge in [0.1, 0.15) is 12.4 Å². The first-order valence-corrected chi connectivity index (χ1v) is 13.5. The molecule has 6 heteroatoms. The Balaban J connectivity index is 1.33. The zero-order valence-corrected chi connectivity index (χ0v) is 22.9. The quantitative estimate of drug-likeness (QED) is 0.266. The van der Waals surface area contributed by atoms with E-state index in [-0.39, 0.29) is 30.4 Å². The second kappa shape index (κ2) is 12.5. The number of nitrogens with zero attached hydrogens (tertiary/aromatic N) is 3. The first-order chi connectivity index (χ1) is 18.3. The predicted octanol–water partition coefficient (Wildman–Crippen LogP) is 5.64. The van der Waals surface area contributed by atoms with Crippen LogP contribution in [0.1, 0.15) is 45.5 Å². The zero-order chi connectivity index (χ0) is 27.1. The maximum Gasteiger partial charge on any atom is 0.243 e. The van der Waals surface area contributed by atoms with Gasteiger partial charge in [0, 0.05) is 25.0 Å². The highest BCUT2D eigenvalue weighted by Gasteiger charge is 2.22. The van der Waals surface area contributed by atoms with E-state index in [1.54, 1.807) is 0 Å². The summed E-state index contributed by atoms with van der Waals surface area (Å²) in [6.45, 7) is 9.01. The largest absolute Gasteiger partial charge is 0.356 e. The van der Waals surface area contributed by atoms with Crippen molar-refractivity contribution in [3.05, 3.63) is 90.3 Å². The average molecular weight is 511 g/mol. The minimum Gasteiger partial charge on any atom is -0.356 e. The highest BCUT2D eigenvalue weighted by atomic mass is 16.2. The highest BCUT2D eigenvalue weighted by molar-refractivity contribution is 5.81. The standard InChI is InChI=1S/C32H38N4O2/c1-23(2)36(24(3)4)32(38)22-35-29-14-9-8-13-28(29)34-30(35)15-10-20-33-31(37)21-25-16-18-27(19-17-25)26-11-6-5-7-12-26/h5-9,11-14,16-19,23-24H,10,15,20-22H2,1-4H3,(H,33,37). The Morgan fingerprint density at radius 3 is 2.16 bits per heavy atom. The average Bonchev–Trinajstić information content (AvgIpc) is 3.24. The summed E-state index contributed by atoms with van der Waals surface area (Å²) in [5.74, 6) is 0.967. The molecule has 0 saturated heterocycles. The molecular weight excluding hydrogens is 472 g/mol. The SMILES string of the molecule is CC(C)N(C(=O)Cn1c(CCCNC(=O)Cc2ccc(-c3ccccc3)cc2)nc2ccccc21)C(C)C. The molecule has 0 atom stereocenters. The van der Waals surface area contributed by atoms with Crippen LogP contribution < -0.4 is 5.32 Å². The van der Waals surface area contributed by atoms with E-state index in [0.29, 0.717) is 19.4 Å². The molecule has 0 fully saturated rings. The van der Waals surface area contributed by atoms with Crippen molar-refractivity contribution in [3.8, 4) is 11.1 Å². The summed E-state index contributed by atoms with van der Waals surface area (Å²) in [6, 6.07) is 26.5. The first-order valence-electron chi connectivity index (χ1n) is 13.5. The third-order valence-corrected chi connectivity index (χ3v) is 6.75. The number of hydrogen-bond donors (Lipinski definition) is 1. The number of benzene rings is 3. The van der Waals surface area contributed by atoms with Crippen LogP contribution in [0.2, 0.25) is 0 Å². The van der Waals surface area contributed by atoms with E-state index in [2.05, 4.69) is 29.6 Å². The van der Waals surface area contributed by atoms with Gasteiger partial charge in [-0.15, -0.1) is 0 Å². The normalized spacial score (nSPS) is 11.3. The Bertz CT molecular complexity index is 1350. The minimum absolute atomic E-state index is 0.00523. The van der Waals surface area contributed by atoms with Gasteiger partial charge in [-0.2, -0.15) is 0 Å². The molecular formula is C32H38N4O2. The van der Waals surface area contributed by atoms with Crippen molar-refractivity contribution in [1.29, 1.82) is 0 Å². The number of aryl methyl sites for hydroxylation is 1. The molecule has 0 unspecified atom stereocenters. The Hall–Kier alpha value is -3.93. The van der Waals surface area contributed by atoms with Gasteiger partial charge in [0.05, 0.1) is 17.5 Å². The van der Waals surface area contributed by atoms with Crippen LogP contribution in [0, 0.1) is 0 Å². The monoisotopic (exact) mass is 510 g/mol. The summed E-state index contributed by atoms with van der Waals surface area (Å²) < 4.78 is 2.03. The number of para-hydroxylation sites is 2. The smallest absolute Gasteiger partial charge is 0.243 e. The lowest BCUT2D eigenvalue weighted by Crippen LogP contribution is -2.43. The third-order valence-electron chi connectivity index (χ3n) is 6.75. The van der Waals surface area contributed by atoms with Crippen LogP contribution in [-0.2, 0) is 29.0 Å². The van der Waals surface area contributed by atoms with Crippen molar-refractivity contribution in [2.75, 3.05) is 6.54 Å². The fourth-order valence-corrected chi connectivity index (χ4v) is 5.05. The van der Waals surface area contributed by atoms with Crippen molar-refractivity contribution in [3.63, 3.8) is 0 Å². The van der Waals surface area contributed by atoms with Gasteiger partial charge in [-0.25, -0.2) is 4.98 Å². The molecule has 0 spiro atoms. The summed E-state index contributed by atoms with van der Waals surface area (Å²) >= 11 is 0. The summed E-state index contributed by atoms with van der Waals surface area (Å²) in [5.41, 5.74) is 5.14. The fraction of sp³-hybridized carbons (Fsp3) is 0.344. The molecule has 0 radical (unpaired) electrons. The number of rotatable bonds is 11. The lowest BCUT2D eigenvalue weighted by atomic mass is 10.0. The molecule has 38 heavy (non-hydrogen) atoms. The van der Waals surface area contributed by atoms with Crippen LogP contribution in [-0.4, -0.2) is 44.9 Å². The maximum absolute atomic E-state index is 13.2. The lowest BCUT2D eigenvalue weighted by molar-refractivity contribution is -0.135. The van der Waals surface area contributed by atoms with Crippen LogP contribution in [0.5, 0.6) is 0 Å². The molecule has 1 heterocycles. The number of nitrogens with one attached hydrogen (secondary N) is 1. The Kier molecular flexibility index (Phi) is 8.95. The van der Waals surface area contributed by atoms with Crippen molar-refractivity contribution in [1.82, 2.24) is 19.8 Å². The molecule has 0 bridgehead atoms. The van der Waals surface area contributed by atoms with Gasteiger partial charge < -0.3 is 14.8 Å². The highest BCUT2D eigenvalue weighted by Crippen LogP contribution is 2.20. The van der Waals surface area contributed by atoms with Gasteiger partial charge in [-0.1, -0.05) is 66.7 Å². The van der Waals surface area contributed by atoms with Crippen molar-refractivity contribution < 1.29 is 9.59 Å². The molecule has 0 saturated carbocycles. The number of aromatic nitrogens is 2. The molecule has 4 aromatic rings. The van der Waals surface area contributed by atoms with Crippen LogP contribution >= 0.6 is 0 Å². The Labute approximate surface area is 225 Å². The number of fused-ring (bicyclic) bond motifs is 1. The van der Waals surface area contributed by atoms with Crippen molar-refractivity contribution in [2.45, 2.75) is 65.6 Å². The predicted molar refractivity (Wildman–Crippen MR) is 154 cm³/mol. The molecule has 4 rings (SSSR count). The summed E-state index contributed by atoms with van der Waals surface area (Å²) in [7, 11) is 0. The number of carbonyl (C=O) groups is 2. The third kappa shape index (κ3) is 6.68. The van der Waals surface area contributed by atoms with Gasteiger partial charge in [0.25, 0.3) is 0 Å². The summed E-state index contributed by atoms with van der Waals surface area (Å²) in [5, 5.41) is 3.04. The molecule has 0 aliphatic rings. The van der Waals surface area contributed by atoms with Gasteiger partial charge in [-0.3, -0.25) is 9.59 Å². The van der Waals surface area contributed by atoms with E-state index < -0.39 is 0 Å². The lowest BCUT2D eigenvalue weighted by Gasteiger charge is -2.31. The molecule has 3 aromatic carbocycles. The van der Waals surface area contributed by atoms with Crippen LogP contribution in [0.3, 0.4) is 0 Å². The topological polar surface area (TPSA) is 67.2 Å². The van der Waals surface area contributed by atoms with Gasteiger partial charge in [0.2, 0.25) is 11.8 Å². The molecule has 1 aromatic heterocycles. The Morgan fingerprint density at radius 2 is 1.47 bits per heavy atom. The van der Waals surface area contributed by atoms with E-state index in [1.165, 1.54) is 0 Å². The molecule has 6 nitrogen and oxygen atoms in total.